The van der Waals surface area contributed by atoms with Crippen LogP contribution in [0.3, 0.4) is 0 Å². The second-order valence-electron chi connectivity index (χ2n) is 9.30. The molecule has 18 heteroatoms. The standard InChI is InChI=1S/C28H26F7O7PS3/c1-3-5-19(36)44-11-9-40-43(39,41-10-12-45-20(37)6-4-2)28(34,35)16-7-8-17-15(13-16)14-18(46-17)27(38)42-26-24(32)22(30)21(29)23(31)25(26)33/h7-8,13-14H,3-6,9-12H2,1-2H3. The van der Waals surface area contributed by atoms with Gasteiger partial charge in [-0.1, -0.05) is 43.4 Å². The zero-order valence-electron chi connectivity index (χ0n) is 24.1. The first-order valence-corrected chi connectivity index (χ1v) is 17.9. The first-order chi connectivity index (χ1) is 21.7. The molecule has 0 aliphatic heterocycles. The Morgan fingerprint density at radius 2 is 1.30 bits per heavy atom. The molecule has 0 unspecified atom stereocenters. The highest BCUT2D eigenvalue weighted by atomic mass is 32.2. The summed E-state index contributed by atoms with van der Waals surface area (Å²) in [5.41, 5.74) is -5.15. The quantitative estimate of drug-likeness (QED) is 0.0272. The number of thiophene rings is 1. The van der Waals surface area contributed by atoms with Crippen molar-refractivity contribution in [3.63, 3.8) is 0 Å². The fourth-order valence-corrected chi connectivity index (χ4v) is 7.85. The number of rotatable bonds is 16. The maximum absolute atomic E-state index is 15.9. The highest BCUT2D eigenvalue weighted by Gasteiger charge is 2.55. The van der Waals surface area contributed by atoms with Crippen molar-refractivity contribution in [1.29, 1.82) is 0 Å². The number of thioether (sulfide) groups is 2. The number of alkyl halides is 2. The third-order valence-corrected chi connectivity index (χ3v) is 10.8. The Labute approximate surface area is 271 Å². The van der Waals surface area contributed by atoms with E-state index < -0.39 is 77.7 Å². The average Bonchev–Trinajstić information content (AvgIpc) is 3.46. The molecule has 0 spiro atoms. The van der Waals surface area contributed by atoms with E-state index in [1.54, 1.807) is 13.8 Å². The van der Waals surface area contributed by atoms with Crippen LogP contribution in [-0.2, 0) is 28.9 Å². The number of esters is 1. The van der Waals surface area contributed by atoms with Crippen molar-refractivity contribution in [3.8, 4) is 5.75 Å². The predicted octanol–water partition coefficient (Wildman–Crippen LogP) is 9.21. The lowest BCUT2D eigenvalue weighted by atomic mass is 10.1. The van der Waals surface area contributed by atoms with E-state index in [4.69, 9.17) is 9.05 Å². The van der Waals surface area contributed by atoms with E-state index in [0.29, 0.717) is 24.2 Å². The van der Waals surface area contributed by atoms with Crippen LogP contribution in [0.5, 0.6) is 5.75 Å². The van der Waals surface area contributed by atoms with Gasteiger partial charge in [0.1, 0.15) is 4.88 Å². The maximum atomic E-state index is 15.9. The van der Waals surface area contributed by atoms with E-state index in [-0.39, 0.29) is 44.7 Å². The molecule has 1 aromatic heterocycles. The van der Waals surface area contributed by atoms with Crippen molar-refractivity contribution < 1.29 is 63.5 Å². The van der Waals surface area contributed by atoms with Gasteiger partial charge in [0.25, 0.3) is 0 Å². The van der Waals surface area contributed by atoms with E-state index in [1.807, 2.05) is 0 Å². The Morgan fingerprint density at radius 3 is 1.80 bits per heavy atom. The summed E-state index contributed by atoms with van der Waals surface area (Å²) < 4.78 is 128. The van der Waals surface area contributed by atoms with Crippen LogP contribution in [0.4, 0.5) is 30.7 Å². The van der Waals surface area contributed by atoms with E-state index >= 15 is 8.78 Å². The molecule has 0 fully saturated rings. The third-order valence-electron chi connectivity index (χ3n) is 5.90. The van der Waals surface area contributed by atoms with Crippen molar-refractivity contribution >= 4 is 68.7 Å². The molecule has 0 saturated carbocycles. The molecule has 0 saturated heterocycles. The summed E-state index contributed by atoms with van der Waals surface area (Å²) in [5, 5.41) is -0.478. The lowest BCUT2D eigenvalue weighted by molar-refractivity contribution is -0.111. The van der Waals surface area contributed by atoms with Crippen molar-refractivity contribution in [2.75, 3.05) is 24.7 Å². The summed E-state index contributed by atoms with van der Waals surface area (Å²) in [7, 11) is -5.31. The molecule has 0 amide bonds. The molecule has 7 nitrogen and oxygen atoms in total. The second-order valence-corrected chi connectivity index (χ2v) is 14.8. The summed E-state index contributed by atoms with van der Waals surface area (Å²) in [6.45, 7) is 2.49. The minimum atomic E-state index is -5.31. The largest absolute Gasteiger partial charge is 0.416 e. The fourth-order valence-electron chi connectivity index (χ4n) is 3.68. The lowest BCUT2D eigenvalue weighted by Crippen LogP contribution is -2.20. The predicted molar refractivity (Wildman–Crippen MR) is 161 cm³/mol. The van der Waals surface area contributed by atoms with Gasteiger partial charge in [-0.2, -0.15) is 17.6 Å². The SMILES string of the molecule is CCCC(=O)SCCOP(=O)(OCCSC(=O)CCC)C(F)(F)c1ccc2sc(C(=O)Oc3c(F)c(F)c(F)c(F)c3F)cc2c1. The van der Waals surface area contributed by atoms with Crippen LogP contribution in [0.15, 0.2) is 24.3 Å². The van der Waals surface area contributed by atoms with Gasteiger partial charge >= 0.3 is 19.2 Å². The first kappa shape index (κ1) is 38.0. The van der Waals surface area contributed by atoms with Gasteiger partial charge in [-0.15, -0.1) is 11.3 Å². The second kappa shape index (κ2) is 16.6. The van der Waals surface area contributed by atoms with Gasteiger partial charge in [-0.05, 0) is 36.4 Å². The number of fused-ring (bicyclic) bond motifs is 1. The smallest absolute Gasteiger partial charge is 0.404 e. The van der Waals surface area contributed by atoms with E-state index in [1.165, 1.54) is 0 Å². The van der Waals surface area contributed by atoms with Crippen molar-refractivity contribution in [3.05, 3.63) is 63.8 Å². The molecule has 2 aromatic carbocycles. The molecule has 252 valence electrons. The van der Waals surface area contributed by atoms with E-state index in [9.17, 15) is 40.9 Å². The van der Waals surface area contributed by atoms with Gasteiger partial charge in [0.05, 0.1) is 13.2 Å². The Morgan fingerprint density at radius 1 is 0.804 bits per heavy atom. The summed E-state index contributed by atoms with van der Waals surface area (Å²) in [5.74, 6) is -15.5. The maximum Gasteiger partial charge on any atom is 0.404 e. The number of ether oxygens (including phenoxy) is 1. The van der Waals surface area contributed by atoms with E-state index in [0.717, 1.165) is 47.8 Å². The van der Waals surface area contributed by atoms with Crippen molar-refractivity contribution in [2.24, 2.45) is 0 Å². The van der Waals surface area contributed by atoms with Crippen molar-refractivity contribution in [2.45, 2.75) is 45.2 Å². The van der Waals surface area contributed by atoms with Gasteiger partial charge in [-0.25, -0.2) is 18.0 Å². The van der Waals surface area contributed by atoms with Crippen LogP contribution in [0.2, 0.25) is 0 Å². The molecule has 0 bridgehead atoms. The molecular weight excluding hydrogens is 708 g/mol. The molecule has 0 aliphatic rings. The Bertz CT molecular complexity index is 1590. The Balaban J connectivity index is 1.86. The first-order valence-electron chi connectivity index (χ1n) is 13.5. The normalized spacial score (nSPS) is 12.1. The van der Waals surface area contributed by atoms with Crippen LogP contribution in [0.25, 0.3) is 10.1 Å². The highest BCUT2D eigenvalue weighted by Crippen LogP contribution is 2.67. The van der Waals surface area contributed by atoms with Gasteiger partial charge < -0.3 is 13.8 Å². The monoisotopic (exact) mass is 734 g/mol. The zero-order valence-corrected chi connectivity index (χ0v) is 27.5. The van der Waals surface area contributed by atoms with Gasteiger partial charge in [0.2, 0.25) is 34.8 Å². The highest BCUT2D eigenvalue weighted by molar-refractivity contribution is 8.13. The minimum Gasteiger partial charge on any atom is -0.416 e. The molecule has 0 aliphatic carbocycles. The number of hydrogen-bond acceptors (Lipinski definition) is 10. The topological polar surface area (TPSA) is 96.0 Å². The summed E-state index contributed by atoms with van der Waals surface area (Å²) >= 11 is 2.22. The molecule has 0 radical (unpaired) electrons. The van der Waals surface area contributed by atoms with Crippen LogP contribution in [0, 0.1) is 29.1 Å². The van der Waals surface area contributed by atoms with Gasteiger partial charge in [0, 0.05) is 34.6 Å². The number of carbonyl (C=O) groups excluding carboxylic acids is 3. The van der Waals surface area contributed by atoms with E-state index in [2.05, 4.69) is 4.74 Å². The molecular formula is C28H26F7O7PS3. The molecule has 1 heterocycles. The fraction of sp³-hybridized carbons (Fsp3) is 0.393. The van der Waals surface area contributed by atoms with Crippen LogP contribution in [-0.4, -0.2) is 40.9 Å². The average molecular weight is 735 g/mol. The lowest BCUT2D eigenvalue weighted by Gasteiger charge is -2.26. The van der Waals surface area contributed by atoms with Crippen LogP contribution >= 0.6 is 42.5 Å². The molecule has 46 heavy (non-hydrogen) atoms. The zero-order chi connectivity index (χ0) is 34.2. The number of carbonyl (C=O) groups is 3. The Hall–Kier alpha value is -2.43. The number of halogens is 7. The van der Waals surface area contributed by atoms with Crippen LogP contribution in [0.1, 0.15) is 54.8 Å². The number of hydrogen-bond donors (Lipinski definition) is 0. The Kier molecular flexibility index (Phi) is 13.7. The third kappa shape index (κ3) is 8.92. The minimum absolute atomic E-state index is 0.0560. The number of benzene rings is 2. The summed E-state index contributed by atoms with van der Waals surface area (Å²) in [6, 6.07) is 3.80. The van der Waals surface area contributed by atoms with Gasteiger partial charge in [-0.3, -0.25) is 14.2 Å². The van der Waals surface area contributed by atoms with Crippen molar-refractivity contribution in [1.82, 2.24) is 0 Å². The van der Waals surface area contributed by atoms with Gasteiger partial charge in [0.15, 0.2) is 10.2 Å². The summed E-state index contributed by atoms with van der Waals surface area (Å²) in [4.78, 5) is 35.6. The molecule has 0 N–H and O–H groups in total. The molecule has 3 rings (SSSR count). The van der Waals surface area contributed by atoms with Crippen LogP contribution < -0.4 is 4.74 Å². The molecule has 0 atom stereocenters. The summed E-state index contributed by atoms with van der Waals surface area (Å²) in [6.07, 6.45) is 1.64. The molecule has 3 aromatic rings.